The molecule has 0 radical (unpaired) electrons. The predicted octanol–water partition coefficient (Wildman–Crippen LogP) is 1.47. The highest BCUT2D eigenvalue weighted by Crippen LogP contribution is 1.96. The van der Waals surface area contributed by atoms with E-state index >= 15 is 0 Å². The van der Waals surface area contributed by atoms with Crippen molar-refractivity contribution in [2.45, 2.75) is 46.2 Å². The van der Waals surface area contributed by atoms with Crippen LogP contribution in [0.1, 0.15) is 33.1 Å². The van der Waals surface area contributed by atoms with Gasteiger partial charge in [0, 0.05) is 13.0 Å². The van der Waals surface area contributed by atoms with Gasteiger partial charge in [0.2, 0.25) is 6.33 Å². The first-order valence-corrected chi connectivity index (χ1v) is 7.73. The fraction of sp³-hybridized carbons (Fsp3) is 0.562. The van der Waals surface area contributed by atoms with Gasteiger partial charge in [-0.25, -0.2) is 9.13 Å². The summed E-state index contributed by atoms with van der Waals surface area (Å²) in [6.07, 6.45) is 16.1. The van der Waals surface area contributed by atoms with Crippen LogP contribution in [0, 0.1) is 0 Å². The van der Waals surface area contributed by atoms with E-state index in [1.54, 1.807) is 0 Å². The highest BCUT2D eigenvalue weighted by molar-refractivity contribution is 4.82. The van der Waals surface area contributed by atoms with E-state index in [9.17, 15) is 0 Å². The largest absolute Gasteiger partial charge is 0.350 e. The Morgan fingerprint density at radius 3 is 2.90 bits per heavy atom. The molecule has 4 heteroatoms. The van der Waals surface area contributed by atoms with Crippen LogP contribution in [0.3, 0.4) is 0 Å². The zero-order valence-electron chi connectivity index (χ0n) is 13.0. The first-order valence-electron chi connectivity index (χ1n) is 7.73. The number of nitrogens with zero attached hydrogens (tertiary/aromatic N) is 3. The molecule has 0 atom stereocenters. The summed E-state index contributed by atoms with van der Waals surface area (Å²) < 4.78 is 4.49. The molecule has 20 heavy (non-hydrogen) atoms. The fourth-order valence-electron chi connectivity index (χ4n) is 2.06. The molecule has 0 aliphatic rings. The van der Waals surface area contributed by atoms with E-state index in [2.05, 4.69) is 70.9 Å². The molecule has 0 aliphatic carbocycles. The average molecular weight is 278 g/mol. The second-order valence-electron chi connectivity index (χ2n) is 5.03. The van der Waals surface area contributed by atoms with Crippen LogP contribution < -0.4 is 9.88 Å². The lowest BCUT2D eigenvalue weighted by atomic mass is 10.4. The molecule has 0 amide bonds. The van der Waals surface area contributed by atoms with Gasteiger partial charge in [-0.1, -0.05) is 20.4 Å². The molecule has 0 bridgehead atoms. The summed E-state index contributed by atoms with van der Waals surface area (Å²) in [6.45, 7) is 12.6. The van der Waals surface area contributed by atoms with Crippen LogP contribution in [0.2, 0.25) is 0 Å². The van der Waals surface area contributed by atoms with Crippen molar-refractivity contribution in [2.75, 3.05) is 13.1 Å². The number of aromatic nitrogens is 2. The number of nitrogens with two attached hydrogens (primary N) is 1. The maximum absolute atomic E-state index is 3.86. The molecular weight excluding hydrogens is 248 g/mol. The third-order valence-corrected chi connectivity index (χ3v) is 3.16. The molecule has 0 saturated carbocycles. The van der Waals surface area contributed by atoms with Crippen molar-refractivity contribution >= 4 is 0 Å². The van der Waals surface area contributed by atoms with Gasteiger partial charge in [0.25, 0.3) is 0 Å². The molecule has 0 aromatic carbocycles. The summed E-state index contributed by atoms with van der Waals surface area (Å²) in [7, 11) is 0. The van der Waals surface area contributed by atoms with Crippen molar-refractivity contribution in [2.24, 2.45) is 0 Å². The molecule has 0 saturated heterocycles. The van der Waals surface area contributed by atoms with Crippen LogP contribution in [-0.2, 0) is 13.1 Å². The Balaban J connectivity index is 2.26. The van der Waals surface area contributed by atoms with E-state index in [0.29, 0.717) is 0 Å². The van der Waals surface area contributed by atoms with E-state index in [1.165, 1.54) is 12.8 Å². The minimum Gasteiger partial charge on any atom is -0.350 e. The highest BCUT2D eigenvalue weighted by Gasteiger charge is 2.03. The second kappa shape index (κ2) is 10.3. The third-order valence-electron chi connectivity index (χ3n) is 3.16. The number of rotatable bonds is 11. The third kappa shape index (κ3) is 6.57. The van der Waals surface area contributed by atoms with Crippen molar-refractivity contribution in [1.82, 2.24) is 9.47 Å². The van der Waals surface area contributed by atoms with Gasteiger partial charge in [0.15, 0.2) is 0 Å². The lowest BCUT2D eigenvalue weighted by Crippen LogP contribution is -2.78. The van der Waals surface area contributed by atoms with Crippen molar-refractivity contribution in [3.05, 3.63) is 43.9 Å². The fourth-order valence-corrected chi connectivity index (χ4v) is 2.06. The second-order valence-corrected chi connectivity index (χ2v) is 5.03. The maximum atomic E-state index is 3.86. The molecule has 1 aromatic rings. The topological polar surface area (TPSA) is 28.7 Å². The van der Waals surface area contributed by atoms with Gasteiger partial charge in [0.1, 0.15) is 18.6 Å². The van der Waals surface area contributed by atoms with Gasteiger partial charge in [-0.05, 0) is 19.0 Å². The number of hydrogen-bond acceptors (Lipinski definition) is 1. The molecule has 4 nitrogen and oxygen atoms in total. The number of quaternary nitrogens is 1. The minimum absolute atomic E-state index is 1.01. The zero-order valence-corrected chi connectivity index (χ0v) is 13.0. The van der Waals surface area contributed by atoms with Crippen molar-refractivity contribution in [1.29, 1.82) is 0 Å². The van der Waals surface area contributed by atoms with Gasteiger partial charge in [-0.15, -0.1) is 0 Å². The first-order chi connectivity index (χ1) is 9.80. The summed E-state index contributed by atoms with van der Waals surface area (Å²) in [6, 6.07) is 0. The van der Waals surface area contributed by atoms with E-state index < -0.39 is 0 Å². The highest BCUT2D eigenvalue weighted by atomic mass is 15.1. The number of aryl methyl sites for hydroxylation is 2. The molecular formula is C16H30N4+2. The van der Waals surface area contributed by atoms with Gasteiger partial charge in [-0.2, -0.15) is 0 Å². The SMILES string of the molecule is C=CN(/C=C\[NH2+]CCC)CCCn1cc[n+](CCC)c1. The smallest absolute Gasteiger partial charge is 0.243 e. The molecule has 0 fully saturated rings. The molecule has 0 unspecified atom stereocenters. The van der Waals surface area contributed by atoms with Crippen molar-refractivity contribution in [3.63, 3.8) is 0 Å². The lowest BCUT2D eigenvalue weighted by Gasteiger charge is -2.12. The van der Waals surface area contributed by atoms with Crippen LogP contribution in [0.25, 0.3) is 0 Å². The summed E-state index contributed by atoms with van der Waals surface area (Å²) in [5.41, 5.74) is 0. The van der Waals surface area contributed by atoms with Crippen LogP contribution in [-0.4, -0.2) is 22.6 Å². The van der Waals surface area contributed by atoms with Gasteiger partial charge in [-0.3, -0.25) is 0 Å². The van der Waals surface area contributed by atoms with Gasteiger partial charge >= 0.3 is 0 Å². The van der Waals surface area contributed by atoms with Crippen molar-refractivity contribution in [3.8, 4) is 0 Å². The van der Waals surface area contributed by atoms with Crippen LogP contribution in [0.4, 0.5) is 0 Å². The van der Waals surface area contributed by atoms with Gasteiger partial charge < -0.3 is 10.2 Å². The molecule has 0 spiro atoms. The quantitative estimate of drug-likeness (QED) is 0.482. The minimum atomic E-state index is 1.01. The molecule has 112 valence electrons. The Morgan fingerprint density at radius 2 is 2.20 bits per heavy atom. The van der Waals surface area contributed by atoms with E-state index in [0.717, 1.165) is 32.6 Å². The van der Waals surface area contributed by atoms with Crippen LogP contribution in [0.5, 0.6) is 0 Å². The van der Waals surface area contributed by atoms with Crippen LogP contribution >= 0.6 is 0 Å². The first kappa shape index (κ1) is 16.5. The number of imidazole rings is 1. The Morgan fingerprint density at radius 1 is 1.35 bits per heavy atom. The van der Waals surface area contributed by atoms with Crippen molar-refractivity contribution < 1.29 is 9.88 Å². The van der Waals surface area contributed by atoms with E-state index in [4.69, 9.17) is 0 Å². The van der Waals surface area contributed by atoms with Crippen LogP contribution in [0.15, 0.2) is 43.9 Å². The Bertz CT molecular complexity index is 395. The monoisotopic (exact) mass is 278 g/mol. The van der Waals surface area contributed by atoms with Gasteiger partial charge in [0.05, 0.1) is 25.8 Å². The Kier molecular flexibility index (Phi) is 8.47. The predicted molar refractivity (Wildman–Crippen MR) is 82.7 cm³/mol. The van der Waals surface area contributed by atoms with E-state index in [1.807, 2.05) is 6.20 Å². The number of hydrogen-bond donors (Lipinski definition) is 1. The molecule has 1 rings (SSSR count). The lowest BCUT2D eigenvalue weighted by molar-refractivity contribution is -0.696. The standard InChI is InChI=1S/C16H29N4/c1-4-8-17-9-13-18(6-3)11-7-12-20-15-14-19(16-20)10-5-2/h6,9,13-17H,3-5,7-8,10-12H2,1-2H3/q+1/p+1/b13-9-. The Labute approximate surface area is 123 Å². The zero-order chi connectivity index (χ0) is 14.6. The molecule has 2 N–H and O–H groups in total. The molecule has 0 aliphatic heterocycles. The summed E-state index contributed by atoms with van der Waals surface area (Å²) in [4.78, 5) is 2.15. The normalized spacial score (nSPS) is 11.1. The average Bonchev–Trinajstić information content (AvgIpc) is 2.89. The summed E-state index contributed by atoms with van der Waals surface area (Å²) in [5, 5.41) is 2.20. The summed E-state index contributed by atoms with van der Waals surface area (Å²) in [5.74, 6) is 0. The summed E-state index contributed by atoms with van der Waals surface area (Å²) >= 11 is 0. The maximum Gasteiger partial charge on any atom is 0.243 e. The Hall–Kier alpha value is -1.55. The molecule has 1 heterocycles. The molecule has 1 aromatic heterocycles. The van der Waals surface area contributed by atoms with E-state index in [-0.39, 0.29) is 0 Å².